The van der Waals surface area contributed by atoms with Crippen molar-refractivity contribution in [3.05, 3.63) is 65.5 Å². The SMILES string of the molecule is CC/C(=C/Nc1ccc([S+]([O-])Nc2cc(F)c(C(=O)O)cc2F)cc1)N=N. The van der Waals surface area contributed by atoms with Gasteiger partial charge in [-0.3, -0.25) is 0 Å². The second-order valence-corrected chi connectivity index (χ2v) is 6.47. The molecule has 1 unspecified atom stereocenters. The van der Waals surface area contributed by atoms with Gasteiger partial charge >= 0.3 is 5.97 Å². The third-order valence-electron chi connectivity index (χ3n) is 3.47. The molecule has 4 N–H and O–H groups in total. The number of nitrogens with zero attached hydrogens (tertiary/aromatic N) is 1. The van der Waals surface area contributed by atoms with Gasteiger partial charge in [0.25, 0.3) is 0 Å². The molecule has 0 aliphatic rings. The lowest BCUT2D eigenvalue weighted by molar-refractivity contribution is 0.0691. The zero-order valence-electron chi connectivity index (χ0n) is 14.1. The van der Waals surface area contributed by atoms with Gasteiger partial charge in [0.15, 0.2) is 10.7 Å². The van der Waals surface area contributed by atoms with Crippen molar-refractivity contribution in [1.82, 2.24) is 0 Å². The van der Waals surface area contributed by atoms with E-state index in [0.29, 0.717) is 34.8 Å². The summed E-state index contributed by atoms with van der Waals surface area (Å²) >= 11 is -1.89. The minimum atomic E-state index is -1.89. The van der Waals surface area contributed by atoms with Gasteiger partial charge in [0.05, 0.1) is 11.3 Å². The largest absolute Gasteiger partial charge is 0.588 e. The van der Waals surface area contributed by atoms with Gasteiger partial charge in [-0.05, 0) is 36.8 Å². The number of benzene rings is 2. The second kappa shape index (κ2) is 9.10. The minimum absolute atomic E-state index is 0.299. The van der Waals surface area contributed by atoms with Crippen LogP contribution in [0.3, 0.4) is 0 Å². The molecule has 0 aliphatic heterocycles. The molecule has 0 fully saturated rings. The van der Waals surface area contributed by atoms with E-state index in [-0.39, 0.29) is 0 Å². The molecular weight excluding hydrogens is 378 g/mol. The van der Waals surface area contributed by atoms with E-state index in [4.69, 9.17) is 10.6 Å². The molecule has 7 nitrogen and oxygen atoms in total. The highest BCUT2D eigenvalue weighted by atomic mass is 32.2. The Hall–Kier alpha value is -2.98. The Morgan fingerprint density at radius 3 is 2.52 bits per heavy atom. The summed E-state index contributed by atoms with van der Waals surface area (Å²) in [7, 11) is 0. The van der Waals surface area contributed by atoms with Crippen molar-refractivity contribution >= 4 is 28.7 Å². The molecule has 0 heterocycles. The molecule has 2 aromatic carbocycles. The van der Waals surface area contributed by atoms with Gasteiger partial charge in [-0.2, -0.15) is 5.11 Å². The van der Waals surface area contributed by atoms with Gasteiger partial charge in [-0.15, -0.1) is 0 Å². The molecule has 2 rings (SSSR count). The number of hydrogen-bond acceptors (Lipinski definition) is 6. The van der Waals surface area contributed by atoms with E-state index in [1.165, 1.54) is 12.1 Å². The van der Waals surface area contributed by atoms with Gasteiger partial charge in [0, 0.05) is 18.0 Å². The van der Waals surface area contributed by atoms with Gasteiger partial charge < -0.3 is 15.0 Å². The summed E-state index contributed by atoms with van der Waals surface area (Å²) in [5, 5.41) is 15.0. The van der Waals surface area contributed by atoms with Crippen LogP contribution in [0.5, 0.6) is 0 Å². The van der Waals surface area contributed by atoms with E-state index < -0.39 is 40.2 Å². The highest BCUT2D eigenvalue weighted by molar-refractivity contribution is 7.92. The van der Waals surface area contributed by atoms with E-state index in [0.717, 1.165) is 0 Å². The molecule has 0 aromatic heterocycles. The number of nitrogens with one attached hydrogen (secondary N) is 3. The van der Waals surface area contributed by atoms with Crippen molar-refractivity contribution in [2.24, 2.45) is 5.11 Å². The van der Waals surface area contributed by atoms with Crippen LogP contribution in [0.4, 0.5) is 20.2 Å². The summed E-state index contributed by atoms with van der Waals surface area (Å²) in [5.74, 6) is -3.77. The topological polar surface area (TPSA) is 121 Å². The van der Waals surface area contributed by atoms with E-state index >= 15 is 0 Å². The van der Waals surface area contributed by atoms with Gasteiger partial charge in [-0.1, -0.05) is 6.92 Å². The number of rotatable bonds is 8. The van der Waals surface area contributed by atoms with Crippen LogP contribution in [0.1, 0.15) is 23.7 Å². The highest BCUT2D eigenvalue weighted by Gasteiger charge is 2.19. The maximum atomic E-state index is 13.9. The van der Waals surface area contributed by atoms with E-state index in [2.05, 4.69) is 15.2 Å². The Labute approximate surface area is 156 Å². The first-order chi connectivity index (χ1) is 12.8. The molecule has 0 saturated carbocycles. The number of carboxylic acid groups (broad SMARTS) is 1. The predicted molar refractivity (Wildman–Crippen MR) is 96.9 cm³/mol. The fourth-order valence-electron chi connectivity index (χ4n) is 2.00. The lowest BCUT2D eigenvalue weighted by Crippen LogP contribution is -2.15. The maximum absolute atomic E-state index is 13.9. The van der Waals surface area contributed by atoms with E-state index in [9.17, 15) is 18.1 Å². The summed E-state index contributed by atoms with van der Waals surface area (Å²) in [6, 6.07) is 7.44. The number of aromatic carboxylic acids is 1. The van der Waals surface area contributed by atoms with Crippen LogP contribution >= 0.6 is 0 Å². The van der Waals surface area contributed by atoms with Gasteiger partial charge in [0.1, 0.15) is 22.9 Å². The standard InChI is InChI=1S/C17H16F2N4O3S/c1-2-10(22-20)9-21-11-3-5-12(6-4-11)27(26)23-16-8-14(18)13(17(24)25)7-15(16)19/h3-9,20-21,23H,2H2,1H3,(H,24,25)/b10-9-,22-20?. The minimum Gasteiger partial charge on any atom is -0.588 e. The number of allylic oxidation sites excluding steroid dienone is 1. The Balaban J connectivity index is 2.11. The first kappa shape index (κ1) is 20.3. The van der Waals surface area contributed by atoms with E-state index in [1.54, 1.807) is 18.3 Å². The van der Waals surface area contributed by atoms with Crippen LogP contribution in [0, 0.1) is 17.2 Å². The predicted octanol–water partition coefficient (Wildman–Crippen LogP) is 4.49. The Bertz CT molecular complexity index is 875. The molecule has 0 aliphatic carbocycles. The third-order valence-corrected chi connectivity index (χ3v) is 4.58. The lowest BCUT2D eigenvalue weighted by atomic mass is 10.2. The molecule has 10 heteroatoms. The third kappa shape index (κ3) is 5.25. The van der Waals surface area contributed by atoms with Gasteiger partial charge in [-0.25, -0.2) is 23.8 Å². The number of halogens is 2. The van der Waals surface area contributed by atoms with Crippen LogP contribution in [0.15, 0.2) is 58.3 Å². The molecule has 0 bridgehead atoms. The number of carboxylic acids is 1. The molecule has 0 spiro atoms. The van der Waals surface area contributed by atoms with Crippen molar-refractivity contribution in [3.63, 3.8) is 0 Å². The quantitative estimate of drug-likeness (QED) is 0.388. The van der Waals surface area contributed by atoms with Crippen molar-refractivity contribution in [3.8, 4) is 0 Å². The lowest BCUT2D eigenvalue weighted by Gasteiger charge is -2.13. The zero-order valence-corrected chi connectivity index (χ0v) is 14.9. The molecule has 0 saturated heterocycles. The Kier molecular flexibility index (Phi) is 6.85. The second-order valence-electron chi connectivity index (χ2n) is 5.26. The van der Waals surface area contributed by atoms with Crippen molar-refractivity contribution in [2.75, 3.05) is 10.0 Å². The fraction of sp³-hybridized carbons (Fsp3) is 0.118. The molecule has 142 valence electrons. The first-order valence-corrected chi connectivity index (χ1v) is 8.84. The average Bonchev–Trinajstić information content (AvgIpc) is 2.65. The number of carbonyl (C=O) groups is 1. The van der Waals surface area contributed by atoms with Crippen molar-refractivity contribution in [1.29, 1.82) is 5.53 Å². The van der Waals surface area contributed by atoms with Crippen molar-refractivity contribution < 1.29 is 23.2 Å². The zero-order chi connectivity index (χ0) is 20.0. The van der Waals surface area contributed by atoms with E-state index in [1.807, 2.05) is 6.92 Å². The monoisotopic (exact) mass is 394 g/mol. The number of anilines is 2. The Morgan fingerprint density at radius 2 is 1.96 bits per heavy atom. The fourth-order valence-corrected chi connectivity index (χ4v) is 2.86. The Morgan fingerprint density at radius 1 is 1.30 bits per heavy atom. The molecule has 0 amide bonds. The van der Waals surface area contributed by atoms with Crippen LogP contribution in [-0.2, 0) is 11.4 Å². The first-order valence-electron chi connectivity index (χ1n) is 7.69. The molecule has 0 radical (unpaired) electrons. The maximum Gasteiger partial charge on any atom is 0.338 e. The summed E-state index contributed by atoms with van der Waals surface area (Å²) in [5.41, 5.74) is 6.96. The van der Waals surface area contributed by atoms with Crippen LogP contribution < -0.4 is 10.0 Å². The van der Waals surface area contributed by atoms with Crippen LogP contribution in [0.25, 0.3) is 0 Å². The molecule has 27 heavy (non-hydrogen) atoms. The normalized spacial score (nSPS) is 12.4. The van der Waals surface area contributed by atoms with Crippen molar-refractivity contribution in [2.45, 2.75) is 18.2 Å². The summed E-state index contributed by atoms with van der Waals surface area (Å²) in [6.45, 7) is 1.86. The molecular formula is C17H16F2N4O3S. The highest BCUT2D eigenvalue weighted by Crippen LogP contribution is 2.23. The summed E-state index contributed by atoms with van der Waals surface area (Å²) in [6.07, 6.45) is 2.16. The van der Waals surface area contributed by atoms with Crippen LogP contribution in [-0.4, -0.2) is 15.6 Å². The number of hydrogen-bond donors (Lipinski definition) is 4. The summed E-state index contributed by atoms with van der Waals surface area (Å²) in [4.78, 5) is 11.1. The van der Waals surface area contributed by atoms with Gasteiger partial charge in [0.2, 0.25) is 0 Å². The molecule has 2 aromatic rings. The summed E-state index contributed by atoms with van der Waals surface area (Å²) < 4.78 is 42.2. The smallest absolute Gasteiger partial charge is 0.338 e. The van der Waals surface area contributed by atoms with Crippen LogP contribution in [0.2, 0.25) is 0 Å². The average molecular weight is 394 g/mol. The molecule has 1 atom stereocenters.